The molecule has 180 valence electrons. The van der Waals surface area contributed by atoms with E-state index in [2.05, 4.69) is 35.7 Å². The van der Waals surface area contributed by atoms with Gasteiger partial charge in [0, 0.05) is 51.1 Å². The number of amides is 1. The van der Waals surface area contributed by atoms with Gasteiger partial charge in [0.25, 0.3) is 15.9 Å². The summed E-state index contributed by atoms with van der Waals surface area (Å²) in [6, 6.07) is 12.2. The Bertz CT molecular complexity index is 1050. The second-order valence-corrected chi connectivity index (χ2v) is 10.6. The van der Waals surface area contributed by atoms with E-state index < -0.39 is 10.0 Å². The van der Waals surface area contributed by atoms with Crippen molar-refractivity contribution < 1.29 is 13.2 Å². The maximum atomic E-state index is 13.3. The number of piperazine rings is 1. The van der Waals surface area contributed by atoms with Gasteiger partial charge in [-0.25, -0.2) is 8.42 Å². The zero-order valence-electron chi connectivity index (χ0n) is 20.1. The smallest absolute Gasteiger partial charge is 0.261 e. The van der Waals surface area contributed by atoms with Gasteiger partial charge < -0.3 is 15.1 Å². The molecule has 8 heteroatoms. The molecule has 2 N–H and O–H groups in total. The fraction of sp³-hybridized carbons (Fsp3) is 0.480. The molecule has 1 aliphatic heterocycles. The molecule has 1 saturated heterocycles. The zero-order valence-corrected chi connectivity index (χ0v) is 20.9. The number of anilines is 2. The minimum absolute atomic E-state index is 0.0979. The van der Waals surface area contributed by atoms with Crippen LogP contribution in [0.1, 0.15) is 55.5 Å². The Morgan fingerprint density at radius 3 is 2.39 bits per heavy atom. The van der Waals surface area contributed by atoms with Gasteiger partial charge in [-0.3, -0.25) is 9.52 Å². The third-order valence-electron chi connectivity index (χ3n) is 5.99. The van der Waals surface area contributed by atoms with Gasteiger partial charge in [-0.2, -0.15) is 0 Å². The molecule has 0 aliphatic carbocycles. The molecule has 0 bridgehead atoms. The number of unbranched alkanes of at least 4 members (excludes halogenated alkanes) is 1. The number of carbonyl (C=O) groups excluding carboxylic acids is 1. The highest BCUT2D eigenvalue weighted by atomic mass is 32.2. The standard InChI is InChI=1S/C25H36N4O3S/c1-5-6-15-28(4)25(30)23-18-21(9-12-24(23)29-16-13-26-14-17-29)27-33(31,32)22-10-7-20(8-11-22)19(2)3/h7-12,18-19,26-27H,5-6,13-17H2,1-4H3. The van der Waals surface area contributed by atoms with Crippen molar-refractivity contribution in [2.45, 2.75) is 44.4 Å². The normalized spacial score (nSPS) is 14.4. The van der Waals surface area contributed by atoms with E-state index in [1.807, 2.05) is 18.2 Å². The molecule has 0 spiro atoms. The highest BCUT2D eigenvalue weighted by Crippen LogP contribution is 2.28. The second-order valence-electron chi connectivity index (χ2n) is 8.88. The molecule has 1 heterocycles. The summed E-state index contributed by atoms with van der Waals surface area (Å²) in [5.41, 5.74) is 2.83. The third kappa shape index (κ3) is 6.26. The molecule has 0 radical (unpaired) electrons. The maximum absolute atomic E-state index is 13.3. The van der Waals surface area contributed by atoms with Crippen molar-refractivity contribution >= 4 is 27.3 Å². The molecule has 1 fully saturated rings. The molecule has 3 rings (SSSR count). The first-order valence-electron chi connectivity index (χ1n) is 11.7. The number of rotatable bonds is 9. The van der Waals surface area contributed by atoms with Crippen LogP contribution >= 0.6 is 0 Å². The van der Waals surface area contributed by atoms with Crippen LogP contribution in [0, 0.1) is 0 Å². The van der Waals surface area contributed by atoms with E-state index in [-0.39, 0.29) is 10.8 Å². The fourth-order valence-electron chi connectivity index (χ4n) is 3.90. The van der Waals surface area contributed by atoms with Gasteiger partial charge in [0.2, 0.25) is 0 Å². The van der Waals surface area contributed by atoms with Gasteiger partial charge in [0.05, 0.1) is 10.5 Å². The van der Waals surface area contributed by atoms with E-state index >= 15 is 0 Å². The van der Waals surface area contributed by atoms with E-state index in [9.17, 15) is 13.2 Å². The van der Waals surface area contributed by atoms with Crippen LogP contribution in [0.25, 0.3) is 0 Å². The lowest BCUT2D eigenvalue weighted by atomic mass is 10.0. The SMILES string of the molecule is CCCCN(C)C(=O)c1cc(NS(=O)(=O)c2ccc(C(C)C)cc2)ccc1N1CCNCC1. The van der Waals surface area contributed by atoms with Crippen LogP contribution in [-0.4, -0.2) is 59.0 Å². The van der Waals surface area contributed by atoms with Crippen molar-refractivity contribution in [3.63, 3.8) is 0 Å². The fourth-order valence-corrected chi connectivity index (χ4v) is 4.95. The molecule has 0 saturated carbocycles. The van der Waals surface area contributed by atoms with E-state index in [1.165, 1.54) is 0 Å². The maximum Gasteiger partial charge on any atom is 0.261 e. The van der Waals surface area contributed by atoms with Crippen LogP contribution in [0.15, 0.2) is 47.4 Å². The first-order valence-corrected chi connectivity index (χ1v) is 13.2. The van der Waals surface area contributed by atoms with Crippen LogP contribution in [0.4, 0.5) is 11.4 Å². The van der Waals surface area contributed by atoms with Crippen molar-refractivity contribution in [2.75, 3.05) is 49.4 Å². The first-order chi connectivity index (χ1) is 15.7. The molecule has 2 aromatic rings. The second kappa shape index (κ2) is 11.0. The minimum atomic E-state index is -3.77. The predicted octanol–water partition coefficient (Wildman–Crippen LogP) is 3.89. The Balaban J connectivity index is 1.91. The Morgan fingerprint density at radius 2 is 1.79 bits per heavy atom. The molecular formula is C25H36N4O3S. The van der Waals surface area contributed by atoms with Crippen molar-refractivity contribution in [2.24, 2.45) is 0 Å². The molecule has 33 heavy (non-hydrogen) atoms. The molecule has 1 amide bonds. The lowest BCUT2D eigenvalue weighted by Crippen LogP contribution is -2.44. The average molecular weight is 473 g/mol. The summed E-state index contributed by atoms with van der Waals surface area (Å²) >= 11 is 0. The summed E-state index contributed by atoms with van der Waals surface area (Å²) in [5.74, 6) is 0.227. The van der Waals surface area contributed by atoms with E-state index in [1.54, 1.807) is 36.2 Å². The summed E-state index contributed by atoms with van der Waals surface area (Å²) in [7, 11) is -1.97. The van der Waals surface area contributed by atoms with Crippen molar-refractivity contribution in [1.82, 2.24) is 10.2 Å². The average Bonchev–Trinajstić information content (AvgIpc) is 2.82. The molecule has 0 aromatic heterocycles. The lowest BCUT2D eigenvalue weighted by Gasteiger charge is -2.32. The van der Waals surface area contributed by atoms with Crippen LogP contribution in [-0.2, 0) is 10.0 Å². The molecule has 1 aliphatic rings. The van der Waals surface area contributed by atoms with E-state index in [0.29, 0.717) is 23.7 Å². The van der Waals surface area contributed by atoms with Gasteiger partial charge in [0.15, 0.2) is 0 Å². The summed E-state index contributed by atoms with van der Waals surface area (Å²) in [4.78, 5) is 17.4. The highest BCUT2D eigenvalue weighted by Gasteiger charge is 2.23. The van der Waals surface area contributed by atoms with Gasteiger partial charge in [-0.15, -0.1) is 0 Å². The monoisotopic (exact) mass is 472 g/mol. The highest BCUT2D eigenvalue weighted by molar-refractivity contribution is 7.92. The first kappa shape index (κ1) is 25.1. The van der Waals surface area contributed by atoms with Crippen LogP contribution < -0.4 is 14.9 Å². The van der Waals surface area contributed by atoms with Crippen molar-refractivity contribution in [3.05, 3.63) is 53.6 Å². The molecule has 0 atom stereocenters. The van der Waals surface area contributed by atoms with Crippen LogP contribution in [0.3, 0.4) is 0 Å². The van der Waals surface area contributed by atoms with Gasteiger partial charge in [-0.1, -0.05) is 39.3 Å². The summed E-state index contributed by atoms with van der Waals surface area (Å²) in [5, 5.41) is 3.33. The Kier molecular flexibility index (Phi) is 8.37. The minimum Gasteiger partial charge on any atom is -0.368 e. The third-order valence-corrected chi connectivity index (χ3v) is 7.38. The Hall–Kier alpha value is -2.58. The molecular weight excluding hydrogens is 436 g/mol. The largest absolute Gasteiger partial charge is 0.368 e. The molecule has 0 unspecified atom stereocenters. The van der Waals surface area contributed by atoms with E-state index in [4.69, 9.17) is 0 Å². The Labute approximate surface area is 198 Å². The number of nitrogens with zero attached hydrogens (tertiary/aromatic N) is 2. The van der Waals surface area contributed by atoms with Crippen LogP contribution in [0.5, 0.6) is 0 Å². The Morgan fingerprint density at radius 1 is 1.12 bits per heavy atom. The van der Waals surface area contributed by atoms with Crippen molar-refractivity contribution in [3.8, 4) is 0 Å². The number of sulfonamides is 1. The van der Waals surface area contributed by atoms with E-state index in [0.717, 1.165) is 50.3 Å². The number of hydrogen-bond donors (Lipinski definition) is 2. The number of carbonyl (C=O) groups is 1. The zero-order chi connectivity index (χ0) is 24.0. The topological polar surface area (TPSA) is 81.8 Å². The summed E-state index contributed by atoms with van der Waals surface area (Å²) < 4.78 is 28.7. The number of benzene rings is 2. The van der Waals surface area contributed by atoms with Gasteiger partial charge >= 0.3 is 0 Å². The van der Waals surface area contributed by atoms with Gasteiger partial charge in [0.1, 0.15) is 0 Å². The molecule has 7 nitrogen and oxygen atoms in total. The summed E-state index contributed by atoms with van der Waals surface area (Å²) in [6.45, 7) is 10.2. The van der Waals surface area contributed by atoms with Crippen molar-refractivity contribution in [1.29, 1.82) is 0 Å². The quantitative estimate of drug-likeness (QED) is 0.579. The van der Waals surface area contributed by atoms with Gasteiger partial charge in [-0.05, 0) is 48.2 Å². The number of nitrogens with one attached hydrogen (secondary N) is 2. The van der Waals surface area contributed by atoms with Crippen LogP contribution in [0.2, 0.25) is 0 Å². The lowest BCUT2D eigenvalue weighted by molar-refractivity contribution is 0.0794. The molecule has 2 aromatic carbocycles. The predicted molar refractivity (Wildman–Crippen MR) is 135 cm³/mol. The summed E-state index contributed by atoms with van der Waals surface area (Å²) in [6.07, 6.45) is 1.92. The number of hydrogen-bond acceptors (Lipinski definition) is 5.